The molecule has 5 N–H and O–H groups in total. The molecule has 1 fully saturated rings. The molecule has 3 aromatic carbocycles. The molecule has 0 saturated carbocycles. The van der Waals surface area contributed by atoms with Gasteiger partial charge in [-0.25, -0.2) is 9.59 Å². The molecule has 1 saturated heterocycles. The molecule has 0 amide bonds. The normalized spacial score (nSPS) is 21.5. The Balaban J connectivity index is 1.50. The minimum absolute atomic E-state index is 0.0377. The molecule has 12 nitrogen and oxygen atoms in total. The second kappa shape index (κ2) is 14.5. The molecule has 5 atom stereocenters. The molecule has 4 rings (SSSR count). The number of carbonyl (C=O) groups excluding carboxylic acids is 3. The van der Waals surface area contributed by atoms with Gasteiger partial charge >= 0.3 is 11.9 Å². The van der Waals surface area contributed by atoms with Gasteiger partial charge in [0.1, 0.15) is 36.5 Å². The summed E-state index contributed by atoms with van der Waals surface area (Å²) in [5, 5.41) is 50.9. The van der Waals surface area contributed by atoms with Crippen molar-refractivity contribution in [2.75, 3.05) is 6.61 Å². The van der Waals surface area contributed by atoms with Crippen LogP contribution in [-0.2, 0) is 30.2 Å². The second-order valence-electron chi connectivity index (χ2n) is 10.1. The van der Waals surface area contributed by atoms with Crippen molar-refractivity contribution in [2.45, 2.75) is 50.5 Å². The van der Waals surface area contributed by atoms with E-state index in [9.17, 15) is 39.9 Å². The molecule has 0 bridgehead atoms. The van der Waals surface area contributed by atoms with Gasteiger partial charge < -0.3 is 49.3 Å². The number of Topliss-reactive ketones (excluding diaryl/α,β-unsaturated/α-hetero) is 1. The Hall–Kier alpha value is -4.91. The van der Waals surface area contributed by atoms with E-state index in [1.165, 1.54) is 19.1 Å². The molecule has 0 aliphatic carbocycles. The summed E-state index contributed by atoms with van der Waals surface area (Å²) in [6.45, 7) is 1.01. The van der Waals surface area contributed by atoms with E-state index < -0.39 is 66.5 Å². The summed E-state index contributed by atoms with van der Waals surface area (Å²) < 4.78 is 22.3. The zero-order valence-electron chi connectivity index (χ0n) is 23.6. The summed E-state index contributed by atoms with van der Waals surface area (Å²) in [7, 11) is 0. The largest absolute Gasteiger partial charge is 0.504 e. The highest BCUT2D eigenvalue weighted by Gasteiger charge is 2.48. The van der Waals surface area contributed by atoms with Crippen LogP contribution in [0.1, 0.15) is 34.8 Å². The van der Waals surface area contributed by atoms with Crippen LogP contribution in [-0.4, -0.2) is 80.6 Å². The van der Waals surface area contributed by atoms with Crippen LogP contribution >= 0.6 is 0 Å². The zero-order valence-corrected chi connectivity index (χ0v) is 23.6. The molecule has 0 radical (unpaired) electrons. The minimum Gasteiger partial charge on any atom is -0.504 e. The van der Waals surface area contributed by atoms with E-state index in [4.69, 9.17) is 18.9 Å². The van der Waals surface area contributed by atoms with Crippen LogP contribution in [0.5, 0.6) is 23.0 Å². The zero-order chi connectivity index (χ0) is 31.8. The van der Waals surface area contributed by atoms with Crippen LogP contribution in [0.4, 0.5) is 0 Å². The molecule has 12 heteroatoms. The molecule has 1 heterocycles. The molecular formula is C32H32O12. The first-order valence-corrected chi connectivity index (χ1v) is 13.6. The monoisotopic (exact) mass is 608 g/mol. The van der Waals surface area contributed by atoms with Crippen LogP contribution in [0.2, 0.25) is 0 Å². The van der Waals surface area contributed by atoms with Crippen LogP contribution in [0.3, 0.4) is 0 Å². The van der Waals surface area contributed by atoms with Crippen molar-refractivity contribution in [1.82, 2.24) is 0 Å². The van der Waals surface area contributed by atoms with Crippen molar-refractivity contribution in [3.8, 4) is 23.0 Å². The highest BCUT2D eigenvalue weighted by Crippen LogP contribution is 2.36. The topological polar surface area (TPSA) is 189 Å². The fourth-order valence-corrected chi connectivity index (χ4v) is 4.31. The summed E-state index contributed by atoms with van der Waals surface area (Å²) in [6, 6.07) is 17.3. The molecule has 3 aromatic rings. The van der Waals surface area contributed by atoms with E-state index in [0.717, 1.165) is 23.3 Å². The van der Waals surface area contributed by atoms with Gasteiger partial charge in [-0.1, -0.05) is 42.5 Å². The maximum absolute atomic E-state index is 12.9. The van der Waals surface area contributed by atoms with E-state index in [0.29, 0.717) is 12.8 Å². The van der Waals surface area contributed by atoms with E-state index in [1.54, 1.807) is 48.5 Å². The first kappa shape index (κ1) is 32.0. The average molecular weight is 609 g/mol. The van der Waals surface area contributed by atoms with E-state index in [-0.39, 0.29) is 17.1 Å². The fourth-order valence-electron chi connectivity index (χ4n) is 4.31. The van der Waals surface area contributed by atoms with Crippen LogP contribution in [0.25, 0.3) is 6.08 Å². The number of aromatic hydroxyl groups is 3. The first-order chi connectivity index (χ1) is 21.0. The van der Waals surface area contributed by atoms with Crippen molar-refractivity contribution in [3.63, 3.8) is 0 Å². The van der Waals surface area contributed by atoms with Crippen LogP contribution in [0, 0.1) is 0 Å². The summed E-state index contributed by atoms with van der Waals surface area (Å²) in [4.78, 5) is 36.5. The first-order valence-electron chi connectivity index (χ1n) is 13.6. The number of phenols is 3. The van der Waals surface area contributed by atoms with Crippen molar-refractivity contribution >= 4 is 23.8 Å². The van der Waals surface area contributed by atoms with E-state index >= 15 is 0 Å². The molecule has 232 valence electrons. The molecule has 1 aliphatic heterocycles. The SMILES string of the molecule is CC(=O)CCc1ccc(OC2OC(COC(=O)C=Cc3ccccc3)C(O)C(O)C2OC(=O)c2cc(O)c(O)c(O)c2)cc1. The van der Waals surface area contributed by atoms with Gasteiger partial charge in [-0.2, -0.15) is 0 Å². The number of carbonyl (C=O) groups is 3. The Morgan fingerprint density at radius 2 is 1.57 bits per heavy atom. The van der Waals surface area contributed by atoms with Crippen molar-refractivity contribution < 1.29 is 58.9 Å². The molecule has 0 aromatic heterocycles. The Kier molecular flexibility index (Phi) is 10.6. The Morgan fingerprint density at radius 3 is 2.20 bits per heavy atom. The van der Waals surface area contributed by atoms with Gasteiger partial charge in [-0.05, 0) is 54.8 Å². The highest BCUT2D eigenvalue weighted by molar-refractivity contribution is 5.91. The predicted molar refractivity (Wildman–Crippen MR) is 154 cm³/mol. The maximum atomic E-state index is 12.9. The summed E-state index contributed by atoms with van der Waals surface area (Å²) in [6.07, 6.45) is -4.36. The summed E-state index contributed by atoms with van der Waals surface area (Å²) in [5.41, 5.74) is 1.24. The number of ketones is 1. The number of hydrogen-bond donors (Lipinski definition) is 5. The molecular weight excluding hydrogens is 576 g/mol. The number of hydrogen-bond acceptors (Lipinski definition) is 12. The van der Waals surface area contributed by atoms with Crippen molar-refractivity contribution in [1.29, 1.82) is 0 Å². The number of aryl methyl sites for hydroxylation is 1. The average Bonchev–Trinajstić information content (AvgIpc) is 3.01. The number of ether oxygens (including phenoxy) is 4. The number of esters is 2. The molecule has 5 unspecified atom stereocenters. The number of benzene rings is 3. The van der Waals surface area contributed by atoms with Crippen LogP contribution < -0.4 is 4.74 Å². The highest BCUT2D eigenvalue weighted by atomic mass is 16.7. The van der Waals surface area contributed by atoms with Crippen molar-refractivity contribution in [3.05, 3.63) is 89.5 Å². The number of aliphatic hydroxyl groups excluding tert-OH is 2. The Morgan fingerprint density at radius 1 is 0.909 bits per heavy atom. The lowest BCUT2D eigenvalue weighted by Crippen LogP contribution is -2.61. The number of aliphatic hydroxyl groups is 2. The molecule has 0 spiro atoms. The molecule has 1 aliphatic rings. The Labute approximate surface area is 252 Å². The molecule has 44 heavy (non-hydrogen) atoms. The van der Waals surface area contributed by atoms with Gasteiger partial charge in [0.25, 0.3) is 0 Å². The van der Waals surface area contributed by atoms with Gasteiger partial charge in [-0.3, -0.25) is 0 Å². The standard InChI is InChI=1S/C32H32O12/c1-18(33)7-8-20-9-12-22(13-10-20)42-32-30(44-31(40)21-15-23(34)27(37)24(35)16-21)29(39)28(38)25(43-32)17-41-26(36)14-11-19-5-3-2-4-6-19/h2-6,9-16,25,28-30,32,34-35,37-39H,7-8,17H2,1H3. The predicted octanol–water partition coefficient (Wildman–Crippen LogP) is 2.63. The Bertz CT molecular complexity index is 1460. The lowest BCUT2D eigenvalue weighted by Gasteiger charge is -2.41. The lowest BCUT2D eigenvalue weighted by molar-refractivity contribution is -0.277. The fraction of sp³-hybridized carbons (Fsp3) is 0.281. The van der Waals surface area contributed by atoms with E-state index in [2.05, 4.69) is 0 Å². The van der Waals surface area contributed by atoms with Gasteiger partial charge in [-0.15, -0.1) is 0 Å². The lowest BCUT2D eigenvalue weighted by atomic mass is 9.99. The smallest absolute Gasteiger partial charge is 0.339 e. The minimum atomic E-state index is -1.80. The van der Waals surface area contributed by atoms with Crippen LogP contribution in [0.15, 0.2) is 72.8 Å². The second-order valence-corrected chi connectivity index (χ2v) is 10.1. The van der Waals surface area contributed by atoms with Crippen molar-refractivity contribution in [2.24, 2.45) is 0 Å². The van der Waals surface area contributed by atoms with Gasteiger partial charge in [0, 0.05) is 12.5 Å². The van der Waals surface area contributed by atoms with Gasteiger partial charge in [0.05, 0.1) is 5.56 Å². The third kappa shape index (κ3) is 8.34. The third-order valence-electron chi connectivity index (χ3n) is 6.74. The number of rotatable bonds is 11. The summed E-state index contributed by atoms with van der Waals surface area (Å²) >= 11 is 0. The quantitative estimate of drug-likeness (QED) is 0.122. The van der Waals surface area contributed by atoms with Gasteiger partial charge in [0.15, 0.2) is 23.4 Å². The summed E-state index contributed by atoms with van der Waals surface area (Å²) in [5.74, 6) is -4.06. The van der Waals surface area contributed by atoms with Gasteiger partial charge in [0.2, 0.25) is 6.29 Å². The van der Waals surface area contributed by atoms with E-state index in [1.807, 2.05) is 6.07 Å². The maximum Gasteiger partial charge on any atom is 0.339 e. The number of phenolic OH excluding ortho intramolecular Hbond substituents is 3. The third-order valence-corrected chi connectivity index (χ3v) is 6.74.